The van der Waals surface area contributed by atoms with Gasteiger partial charge in [-0.3, -0.25) is 0 Å². The highest BCUT2D eigenvalue weighted by Crippen LogP contribution is 2.17. The Morgan fingerprint density at radius 1 is 1.21 bits per heavy atom. The molecule has 3 heteroatoms. The molecule has 0 aliphatic carbocycles. The van der Waals surface area contributed by atoms with Gasteiger partial charge in [0, 0.05) is 29.8 Å². The van der Waals surface area contributed by atoms with E-state index in [9.17, 15) is 0 Å². The summed E-state index contributed by atoms with van der Waals surface area (Å²) in [5.41, 5.74) is 2.31. The lowest BCUT2D eigenvalue weighted by atomic mass is 10.0. The van der Waals surface area contributed by atoms with Gasteiger partial charge in [-0.05, 0) is 43.9 Å². The average Bonchev–Trinajstić information content (AvgIpc) is 2.90. The molecular weight excluding hydrogens is 234 g/mol. The highest BCUT2D eigenvalue weighted by Gasteiger charge is 2.04. The van der Waals surface area contributed by atoms with Crippen molar-refractivity contribution in [2.45, 2.75) is 39.7 Å². The molecule has 0 spiro atoms. The van der Waals surface area contributed by atoms with Crippen LogP contribution in [0.1, 0.15) is 33.6 Å². The van der Waals surface area contributed by atoms with Crippen molar-refractivity contribution in [3.63, 3.8) is 0 Å². The van der Waals surface area contributed by atoms with Crippen LogP contribution in [0.2, 0.25) is 0 Å². The molecule has 0 fully saturated rings. The summed E-state index contributed by atoms with van der Waals surface area (Å²) in [5.74, 6) is 0.765. The van der Waals surface area contributed by atoms with Gasteiger partial charge in [0.15, 0.2) is 0 Å². The number of rotatable bonds is 6. The van der Waals surface area contributed by atoms with Crippen LogP contribution in [0.15, 0.2) is 43.0 Å². The number of hydrogen-bond donors (Lipinski definition) is 1. The summed E-state index contributed by atoms with van der Waals surface area (Å²) in [7, 11) is 0. The third-order valence-electron chi connectivity index (χ3n) is 3.24. The third-order valence-corrected chi connectivity index (χ3v) is 3.24. The summed E-state index contributed by atoms with van der Waals surface area (Å²) in [5, 5.41) is 3.57. The van der Waals surface area contributed by atoms with Crippen molar-refractivity contribution in [2.24, 2.45) is 5.92 Å². The number of benzene rings is 1. The second-order valence-electron chi connectivity index (χ2n) is 5.54. The molecule has 102 valence electrons. The van der Waals surface area contributed by atoms with Crippen molar-refractivity contribution in [1.82, 2.24) is 9.55 Å². The van der Waals surface area contributed by atoms with Crippen LogP contribution in [0.4, 0.5) is 5.69 Å². The molecule has 2 rings (SSSR count). The Morgan fingerprint density at radius 3 is 2.74 bits per heavy atom. The van der Waals surface area contributed by atoms with Crippen molar-refractivity contribution in [2.75, 3.05) is 5.32 Å². The third kappa shape index (κ3) is 4.12. The second kappa shape index (κ2) is 6.41. The Bertz CT molecular complexity index is 488. The molecule has 3 nitrogen and oxygen atoms in total. The van der Waals surface area contributed by atoms with Crippen LogP contribution in [0, 0.1) is 5.92 Å². The fourth-order valence-electron chi connectivity index (χ4n) is 2.11. The molecule has 1 aromatic heterocycles. The summed E-state index contributed by atoms with van der Waals surface area (Å²) in [6, 6.07) is 8.94. The number of imidazole rings is 1. The molecule has 2 aromatic rings. The van der Waals surface area contributed by atoms with Gasteiger partial charge in [0.2, 0.25) is 0 Å². The number of hydrogen-bond acceptors (Lipinski definition) is 2. The van der Waals surface area contributed by atoms with Gasteiger partial charge in [-0.2, -0.15) is 0 Å². The van der Waals surface area contributed by atoms with Crippen LogP contribution >= 0.6 is 0 Å². The fourth-order valence-corrected chi connectivity index (χ4v) is 2.11. The molecule has 0 aliphatic rings. The van der Waals surface area contributed by atoms with Crippen LogP contribution < -0.4 is 5.32 Å². The first-order valence-corrected chi connectivity index (χ1v) is 7.00. The second-order valence-corrected chi connectivity index (χ2v) is 5.54. The topological polar surface area (TPSA) is 29.9 Å². The van der Waals surface area contributed by atoms with E-state index in [-0.39, 0.29) is 0 Å². The van der Waals surface area contributed by atoms with Gasteiger partial charge in [0.05, 0.1) is 6.33 Å². The van der Waals surface area contributed by atoms with E-state index < -0.39 is 0 Å². The number of nitrogens with one attached hydrogen (secondary N) is 1. The monoisotopic (exact) mass is 257 g/mol. The molecule has 19 heavy (non-hydrogen) atoms. The lowest BCUT2D eigenvalue weighted by molar-refractivity contribution is 0.528. The fraction of sp³-hybridized carbons (Fsp3) is 0.438. The summed E-state index contributed by atoms with van der Waals surface area (Å²) in [6.45, 7) is 6.78. The van der Waals surface area contributed by atoms with E-state index in [1.165, 1.54) is 18.5 Å². The van der Waals surface area contributed by atoms with Crippen LogP contribution in [0.3, 0.4) is 0 Å². The maximum absolute atomic E-state index is 4.08. The lowest BCUT2D eigenvalue weighted by Gasteiger charge is -2.17. The van der Waals surface area contributed by atoms with Crippen LogP contribution in [0.5, 0.6) is 0 Å². The van der Waals surface area contributed by atoms with E-state index in [2.05, 4.69) is 55.3 Å². The number of anilines is 1. The zero-order valence-corrected chi connectivity index (χ0v) is 12.0. The average molecular weight is 257 g/mol. The maximum atomic E-state index is 4.08. The maximum Gasteiger partial charge on any atom is 0.0991 e. The molecular formula is C16H23N3. The molecule has 0 aliphatic heterocycles. The largest absolute Gasteiger partial charge is 0.383 e. The minimum Gasteiger partial charge on any atom is -0.383 e. The Labute approximate surface area is 115 Å². The summed E-state index contributed by atoms with van der Waals surface area (Å²) in [6.07, 6.45) is 8.04. The lowest BCUT2D eigenvalue weighted by Crippen LogP contribution is -2.15. The number of nitrogens with zero attached hydrogens (tertiary/aromatic N) is 2. The van der Waals surface area contributed by atoms with Crippen LogP contribution in [-0.2, 0) is 0 Å². The van der Waals surface area contributed by atoms with E-state index in [0.717, 1.165) is 11.6 Å². The molecule has 0 radical (unpaired) electrons. The van der Waals surface area contributed by atoms with Crippen molar-refractivity contribution in [1.29, 1.82) is 0 Å². The molecule has 1 heterocycles. The van der Waals surface area contributed by atoms with E-state index in [1.807, 2.05) is 17.1 Å². The van der Waals surface area contributed by atoms with Gasteiger partial charge in [-0.25, -0.2) is 4.98 Å². The van der Waals surface area contributed by atoms with Gasteiger partial charge >= 0.3 is 0 Å². The van der Waals surface area contributed by atoms with Crippen molar-refractivity contribution in [3.8, 4) is 5.69 Å². The standard InChI is InChI=1S/C16H23N3/c1-13(2)7-8-14(3)18-15-5-4-6-16(11-15)19-10-9-17-12-19/h4-6,9-14,18H,7-8H2,1-3H3. The minimum absolute atomic E-state index is 0.500. The number of aromatic nitrogens is 2. The zero-order valence-electron chi connectivity index (χ0n) is 12.0. The molecule has 1 N–H and O–H groups in total. The van der Waals surface area contributed by atoms with Gasteiger partial charge < -0.3 is 9.88 Å². The van der Waals surface area contributed by atoms with Crippen LogP contribution in [-0.4, -0.2) is 15.6 Å². The predicted molar refractivity (Wildman–Crippen MR) is 80.7 cm³/mol. The molecule has 0 amide bonds. The first kappa shape index (κ1) is 13.7. The highest BCUT2D eigenvalue weighted by atomic mass is 15.0. The van der Waals surface area contributed by atoms with E-state index in [4.69, 9.17) is 0 Å². The van der Waals surface area contributed by atoms with Crippen molar-refractivity contribution >= 4 is 5.69 Å². The van der Waals surface area contributed by atoms with E-state index in [0.29, 0.717) is 6.04 Å². The van der Waals surface area contributed by atoms with Gasteiger partial charge in [0.1, 0.15) is 0 Å². The smallest absolute Gasteiger partial charge is 0.0991 e. The predicted octanol–water partition coefficient (Wildman–Crippen LogP) is 4.11. The van der Waals surface area contributed by atoms with Crippen LogP contribution in [0.25, 0.3) is 5.69 Å². The van der Waals surface area contributed by atoms with E-state index in [1.54, 1.807) is 6.20 Å². The summed E-state index contributed by atoms with van der Waals surface area (Å²) < 4.78 is 2.02. The first-order chi connectivity index (χ1) is 9.15. The summed E-state index contributed by atoms with van der Waals surface area (Å²) in [4.78, 5) is 4.08. The molecule has 1 atom stereocenters. The van der Waals surface area contributed by atoms with E-state index >= 15 is 0 Å². The molecule has 0 saturated carbocycles. The Balaban J connectivity index is 1.99. The minimum atomic E-state index is 0.500. The zero-order chi connectivity index (χ0) is 13.7. The van der Waals surface area contributed by atoms with Gasteiger partial charge in [-0.15, -0.1) is 0 Å². The molecule has 1 aromatic carbocycles. The van der Waals surface area contributed by atoms with Crippen molar-refractivity contribution in [3.05, 3.63) is 43.0 Å². The van der Waals surface area contributed by atoms with Gasteiger partial charge in [0.25, 0.3) is 0 Å². The Morgan fingerprint density at radius 2 is 2.05 bits per heavy atom. The van der Waals surface area contributed by atoms with Crippen molar-refractivity contribution < 1.29 is 0 Å². The quantitative estimate of drug-likeness (QED) is 0.844. The highest BCUT2D eigenvalue weighted by molar-refractivity contribution is 5.51. The molecule has 1 unspecified atom stereocenters. The molecule has 0 saturated heterocycles. The van der Waals surface area contributed by atoms with Gasteiger partial charge in [-0.1, -0.05) is 19.9 Å². The SMILES string of the molecule is CC(C)CCC(C)Nc1cccc(-n2ccnc2)c1. The Kier molecular flexibility index (Phi) is 4.61. The molecule has 0 bridgehead atoms. The normalized spacial score (nSPS) is 12.6. The Hall–Kier alpha value is -1.77. The first-order valence-electron chi connectivity index (χ1n) is 7.00. The summed E-state index contributed by atoms with van der Waals surface area (Å²) >= 11 is 0.